The summed E-state index contributed by atoms with van der Waals surface area (Å²) in [6.45, 7) is 13.1. The summed E-state index contributed by atoms with van der Waals surface area (Å²) < 4.78 is 0. The quantitative estimate of drug-likeness (QED) is 0.715. The fourth-order valence-corrected chi connectivity index (χ4v) is 2.11. The van der Waals surface area contributed by atoms with Crippen LogP contribution in [-0.2, 0) is 32.7 Å². The first-order valence-corrected chi connectivity index (χ1v) is 5.23. The second-order valence-electron chi connectivity index (χ2n) is 3.90. The maximum absolute atomic E-state index is 2.21. The molecule has 81 valence electrons. The average Bonchev–Trinajstić information content (AvgIpc) is 2.20. The molecule has 0 saturated heterocycles. The van der Waals surface area contributed by atoms with Crippen LogP contribution in [0, 0.1) is 40.5 Å². The van der Waals surface area contributed by atoms with E-state index in [1.807, 2.05) is 0 Å². The van der Waals surface area contributed by atoms with Crippen molar-refractivity contribution in [2.75, 3.05) is 0 Å². The van der Waals surface area contributed by atoms with Crippen LogP contribution in [-0.4, -0.2) is 0 Å². The van der Waals surface area contributed by atoms with Gasteiger partial charge < -0.3 is 0 Å². The van der Waals surface area contributed by atoms with Crippen molar-refractivity contribution in [2.45, 2.75) is 41.5 Å². The third kappa shape index (κ3) is 2.60. The molecule has 0 heterocycles. The zero-order valence-electron chi connectivity index (χ0n) is 10.7. The Morgan fingerprint density at radius 3 is 1.07 bits per heavy atom. The van der Waals surface area contributed by atoms with E-state index in [9.17, 15) is 0 Å². The zero-order valence-corrected chi connectivity index (χ0v) is 13.6. The summed E-state index contributed by atoms with van der Waals surface area (Å²) in [7, 11) is 0. The topological polar surface area (TPSA) is 0 Å². The van der Waals surface area contributed by atoms with Gasteiger partial charge in [-0.3, -0.25) is 11.1 Å². The summed E-state index contributed by atoms with van der Waals surface area (Å²) in [6, 6.07) is 0. The third-order valence-electron chi connectivity index (χ3n) is 3.36. The van der Waals surface area contributed by atoms with E-state index in [1.54, 1.807) is 0 Å². The van der Waals surface area contributed by atoms with Crippen molar-refractivity contribution >= 4 is 0 Å². The largest absolute Gasteiger partial charge is 0.293 e. The number of hydrogen-bond acceptors (Lipinski definition) is 0. The fourth-order valence-electron chi connectivity index (χ4n) is 2.11. The van der Waals surface area contributed by atoms with Crippen LogP contribution in [0.2, 0.25) is 0 Å². The van der Waals surface area contributed by atoms with Crippen molar-refractivity contribution in [1.29, 1.82) is 0 Å². The van der Waals surface area contributed by atoms with Gasteiger partial charge in [0.2, 0.25) is 0 Å². The molecule has 0 nitrogen and oxygen atoms in total. The maximum Gasteiger partial charge on any atom is 0 e. The van der Waals surface area contributed by atoms with E-state index in [2.05, 4.69) is 54.4 Å². The molecular weight excluding hydrogens is 257 g/mol. The Balaban J connectivity index is 0.00000196. The molecule has 0 spiro atoms. The summed E-state index contributed by atoms with van der Waals surface area (Å²) in [5.74, 6) is 0. The Kier molecular flexibility index (Phi) is 5.99. The molecule has 0 atom stereocenters. The second-order valence-corrected chi connectivity index (χ2v) is 3.90. The van der Waals surface area contributed by atoms with Crippen molar-refractivity contribution in [3.63, 3.8) is 0 Å². The molecule has 0 saturated carbocycles. The smallest absolute Gasteiger partial charge is 0 e. The molecule has 1 radical (unpaired) electrons. The molecule has 0 unspecified atom stereocenters. The zero-order chi connectivity index (χ0) is 10.9. The van der Waals surface area contributed by atoms with E-state index < -0.39 is 0 Å². The van der Waals surface area contributed by atoms with Gasteiger partial charge in [-0.25, -0.2) is 24.0 Å². The molecule has 0 aliphatic heterocycles. The minimum Gasteiger partial charge on any atom is -0.293 e. The van der Waals surface area contributed by atoms with Gasteiger partial charge in [0.15, 0.2) is 0 Å². The minimum atomic E-state index is 0. The van der Waals surface area contributed by atoms with Gasteiger partial charge in [0.25, 0.3) is 0 Å². The molecule has 0 fully saturated rings. The van der Waals surface area contributed by atoms with Crippen molar-refractivity contribution in [3.8, 4) is 0 Å². The van der Waals surface area contributed by atoms with Crippen LogP contribution in [0.5, 0.6) is 0 Å². The Morgan fingerprint density at radius 1 is 0.600 bits per heavy atom. The Morgan fingerprint density at radius 2 is 0.867 bits per heavy atom. The van der Waals surface area contributed by atoms with Crippen molar-refractivity contribution < 1.29 is 32.7 Å². The van der Waals surface area contributed by atoms with Gasteiger partial charge in [-0.15, -0.1) is 25.0 Å². The van der Waals surface area contributed by atoms with Crippen molar-refractivity contribution in [2.24, 2.45) is 0 Å². The van der Waals surface area contributed by atoms with Crippen LogP contribution in [0.1, 0.15) is 47.2 Å². The number of hydrogen-bond donors (Lipinski definition) is 0. The van der Waals surface area contributed by atoms with Crippen LogP contribution in [0.4, 0.5) is 0 Å². The van der Waals surface area contributed by atoms with Crippen LogP contribution in [0.15, 0.2) is 0 Å². The SMILES string of the molecule is C[CH-]c1c(C)c(C)c(C)c(C)c1[CH-]C.[Y]. The predicted octanol–water partition coefficient (Wildman–Crippen LogP) is 4.06. The molecule has 1 aromatic carbocycles. The molecule has 0 bridgehead atoms. The van der Waals surface area contributed by atoms with Crippen LogP contribution < -0.4 is 0 Å². The normalized spacial score (nSPS) is 9.47. The Bertz CT molecular complexity index is 316. The van der Waals surface area contributed by atoms with Gasteiger partial charge in [0.05, 0.1) is 0 Å². The molecule has 0 aromatic heterocycles. The van der Waals surface area contributed by atoms with Gasteiger partial charge in [0.1, 0.15) is 0 Å². The summed E-state index contributed by atoms with van der Waals surface area (Å²) in [5, 5.41) is 0. The first-order valence-electron chi connectivity index (χ1n) is 5.23. The predicted molar refractivity (Wildman–Crippen MR) is 63.5 cm³/mol. The monoisotopic (exact) mass is 277 g/mol. The van der Waals surface area contributed by atoms with Gasteiger partial charge in [-0.1, -0.05) is 27.7 Å². The van der Waals surface area contributed by atoms with Crippen molar-refractivity contribution in [3.05, 3.63) is 46.2 Å². The standard InChI is InChI=1S/C14H20.Y/c1-7-13-11(5)9(3)10(4)12(6)14(13)8-2;/h7-8H,1-6H3;/q-2;. The van der Waals surface area contributed by atoms with E-state index in [1.165, 1.54) is 33.4 Å². The molecule has 0 aliphatic carbocycles. The molecule has 0 aliphatic rings. The first-order chi connectivity index (χ1) is 6.54. The van der Waals surface area contributed by atoms with E-state index in [0.29, 0.717) is 0 Å². The molecule has 0 N–H and O–H groups in total. The molecular formula is C14H20Y-2. The molecule has 1 rings (SSSR count). The average molecular weight is 277 g/mol. The van der Waals surface area contributed by atoms with Crippen molar-refractivity contribution in [1.82, 2.24) is 0 Å². The van der Waals surface area contributed by atoms with Crippen LogP contribution >= 0.6 is 0 Å². The van der Waals surface area contributed by atoms with Crippen LogP contribution in [0.25, 0.3) is 0 Å². The van der Waals surface area contributed by atoms with Gasteiger partial charge >= 0.3 is 0 Å². The maximum atomic E-state index is 2.21. The number of rotatable bonds is 2. The molecule has 1 aromatic rings. The number of benzene rings is 1. The minimum absolute atomic E-state index is 0. The van der Waals surface area contributed by atoms with Crippen LogP contribution in [0.3, 0.4) is 0 Å². The Labute approximate surface area is 120 Å². The summed E-state index contributed by atoms with van der Waals surface area (Å²) >= 11 is 0. The second kappa shape index (κ2) is 5.96. The van der Waals surface area contributed by atoms with Gasteiger partial charge in [-0.2, -0.15) is 0 Å². The van der Waals surface area contributed by atoms with Gasteiger partial charge in [-0.05, 0) is 0 Å². The van der Waals surface area contributed by atoms with E-state index in [-0.39, 0.29) is 32.7 Å². The molecule has 1 heteroatoms. The van der Waals surface area contributed by atoms with Gasteiger partial charge in [0, 0.05) is 32.7 Å². The van der Waals surface area contributed by atoms with E-state index in [0.717, 1.165) is 0 Å². The van der Waals surface area contributed by atoms with E-state index in [4.69, 9.17) is 0 Å². The third-order valence-corrected chi connectivity index (χ3v) is 3.36. The summed E-state index contributed by atoms with van der Waals surface area (Å²) in [4.78, 5) is 0. The summed E-state index contributed by atoms with van der Waals surface area (Å²) in [6.07, 6.45) is 4.42. The Hall–Kier alpha value is 0.0639. The van der Waals surface area contributed by atoms with E-state index >= 15 is 0 Å². The fraction of sp³-hybridized carbons (Fsp3) is 0.429. The first kappa shape index (κ1) is 15.1. The molecule has 15 heavy (non-hydrogen) atoms. The summed E-state index contributed by atoms with van der Waals surface area (Å²) in [5.41, 5.74) is 8.50. The molecule has 0 amide bonds.